The van der Waals surface area contributed by atoms with Gasteiger partial charge in [-0.05, 0) is 51.6 Å². The van der Waals surface area contributed by atoms with Crippen molar-refractivity contribution >= 4 is 38.9 Å². The number of anilines is 3. The van der Waals surface area contributed by atoms with E-state index in [4.69, 9.17) is 9.72 Å². The molecule has 1 aliphatic rings. The molecule has 0 N–H and O–H groups in total. The first kappa shape index (κ1) is 34.6. The number of pyridine rings is 1. The molecule has 0 radical (unpaired) electrons. The molecule has 0 aliphatic carbocycles. The maximum Gasteiger partial charge on any atom is 0.135 e. The summed E-state index contributed by atoms with van der Waals surface area (Å²) in [6.07, 6.45) is 1.99. The van der Waals surface area contributed by atoms with E-state index in [0.717, 1.165) is 56.8 Å². The molecule has 0 saturated heterocycles. The summed E-state index contributed by atoms with van der Waals surface area (Å²) < 4.78 is 8.87. The zero-order valence-corrected chi connectivity index (χ0v) is 32.1. The average molecular weight is 849 g/mol. The van der Waals surface area contributed by atoms with Crippen LogP contribution in [0.25, 0.3) is 27.6 Å². The molecule has 1 aliphatic heterocycles. The van der Waals surface area contributed by atoms with Crippen molar-refractivity contribution in [2.45, 2.75) is 58.9 Å². The van der Waals surface area contributed by atoms with Crippen molar-refractivity contribution in [1.82, 2.24) is 9.55 Å². The first-order chi connectivity index (χ1) is 24.0. The molecule has 8 rings (SSSR count). The molecule has 260 valence electrons. The molecule has 51 heavy (non-hydrogen) atoms. The van der Waals surface area contributed by atoms with E-state index in [1.165, 1.54) is 11.1 Å². The number of nitrogens with zero attached hydrogens (tertiary/aromatic N) is 4. The van der Waals surface area contributed by atoms with Crippen LogP contribution in [0, 0.1) is 18.8 Å². The summed E-state index contributed by atoms with van der Waals surface area (Å²) >= 11 is 0. The van der Waals surface area contributed by atoms with Gasteiger partial charge in [0.2, 0.25) is 0 Å². The minimum atomic E-state index is -0.115. The van der Waals surface area contributed by atoms with Crippen LogP contribution in [-0.4, -0.2) is 9.55 Å². The molecular formula is C45H41N4OPt-3. The number of rotatable bonds is 6. The largest absolute Gasteiger partial charge is 0.509 e. The maximum atomic E-state index is 6.68. The van der Waals surface area contributed by atoms with Gasteiger partial charge in [-0.25, -0.2) is 4.98 Å². The Balaban J connectivity index is 0.00000406. The third-order valence-corrected chi connectivity index (χ3v) is 9.48. The zero-order chi connectivity index (χ0) is 34.6. The van der Waals surface area contributed by atoms with Crippen molar-refractivity contribution in [1.29, 1.82) is 0 Å². The molecule has 5 nitrogen and oxygen atoms in total. The Morgan fingerprint density at radius 1 is 0.667 bits per heavy atom. The molecule has 7 aromatic rings. The van der Waals surface area contributed by atoms with Crippen LogP contribution in [0.15, 0.2) is 121 Å². The summed E-state index contributed by atoms with van der Waals surface area (Å²) in [6.45, 7) is 16.3. The average Bonchev–Trinajstić information content (AvgIpc) is 3.63. The van der Waals surface area contributed by atoms with Crippen molar-refractivity contribution in [3.05, 3.63) is 157 Å². The van der Waals surface area contributed by atoms with Crippen LogP contribution in [0.3, 0.4) is 0 Å². The number of para-hydroxylation sites is 3. The van der Waals surface area contributed by atoms with E-state index >= 15 is 0 Å². The van der Waals surface area contributed by atoms with Crippen LogP contribution < -0.4 is 14.5 Å². The quantitative estimate of drug-likeness (QED) is 0.156. The van der Waals surface area contributed by atoms with Crippen molar-refractivity contribution in [2.75, 3.05) is 9.80 Å². The second-order valence-corrected chi connectivity index (χ2v) is 15.2. The van der Waals surface area contributed by atoms with E-state index in [1.54, 1.807) is 0 Å². The zero-order valence-electron chi connectivity index (χ0n) is 29.8. The van der Waals surface area contributed by atoms with Gasteiger partial charge in [-0.3, -0.25) is 0 Å². The topological polar surface area (TPSA) is 33.5 Å². The molecule has 6 heteroatoms. The first-order valence-electron chi connectivity index (χ1n) is 17.2. The predicted molar refractivity (Wildman–Crippen MR) is 206 cm³/mol. The van der Waals surface area contributed by atoms with E-state index in [1.807, 2.05) is 12.3 Å². The number of benzene rings is 5. The van der Waals surface area contributed by atoms with Gasteiger partial charge < -0.3 is 19.1 Å². The second-order valence-electron chi connectivity index (χ2n) is 15.2. The van der Waals surface area contributed by atoms with E-state index in [-0.39, 0.29) is 31.9 Å². The Labute approximate surface area is 315 Å². The monoisotopic (exact) mass is 848 g/mol. The summed E-state index contributed by atoms with van der Waals surface area (Å²) in [6, 6.07) is 47.5. The van der Waals surface area contributed by atoms with Gasteiger partial charge in [0.15, 0.2) is 0 Å². The van der Waals surface area contributed by atoms with Crippen molar-refractivity contribution < 1.29 is 25.8 Å². The molecule has 3 heterocycles. The van der Waals surface area contributed by atoms with Crippen LogP contribution in [-0.2, 0) is 38.4 Å². The summed E-state index contributed by atoms with van der Waals surface area (Å²) in [7, 11) is 0. The van der Waals surface area contributed by atoms with Gasteiger partial charge >= 0.3 is 0 Å². The van der Waals surface area contributed by atoms with Gasteiger partial charge in [0.1, 0.15) is 5.82 Å². The fourth-order valence-corrected chi connectivity index (χ4v) is 6.67. The van der Waals surface area contributed by atoms with E-state index in [9.17, 15) is 0 Å². The summed E-state index contributed by atoms with van der Waals surface area (Å²) in [4.78, 5) is 9.45. The van der Waals surface area contributed by atoms with Crippen molar-refractivity contribution in [3.8, 4) is 17.3 Å². The van der Waals surface area contributed by atoms with Crippen LogP contribution >= 0.6 is 0 Å². The molecule has 0 unspecified atom stereocenters. The minimum absolute atomic E-state index is 0. The van der Waals surface area contributed by atoms with Gasteiger partial charge in [-0.1, -0.05) is 114 Å². The van der Waals surface area contributed by atoms with Crippen LogP contribution in [0.5, 0.6) is 11.5 Å². The normalized spacial score (nSPS) is 13.1. The fourth-order valence-electron chi connectivity index (χ4n) is 6.67. The second kappa shape index (κ2) is 13.4. The molecule has 0 fully saturated rings. The molecule has 0 atom stereocenters. The van der Waals surface area contributed by atoms with E-state index in [2.05, 4.69) is 184 Å². The third-order valence-electron chi connectivity index (χ3n) is 9.48. The van der Waals surface area contributed by atoms with Crippen LogP contribution in [0.2, 0.25) is 0 Å². The molecule has 0 amide bonds. The SMILES string of the molecule is CC(C)(C)c1ccc(-n2c3[c-]c(Oc4[c-]c(N5[CH-]N(Cc6ccccc6)c6ccccc65)cc(C(C)(C)C)c4)ccc3c3ccccc32)nc1.[Pt]. The van der Waals surface area contributed by atoms with Crippen LogP contribution in [0.4, 0.5) is 17.1 Å². The Kier molecular flexibility index (Phi) is 9.06. The van der Waals surface area contributed by atoms with E-state index in [0.29, 0.717) is 11.5 Å². The molecule has 0 bridgehead atoms. The maximum absolute atomic E-state index is 6.68. The van der Waals surface area contributed by atoms with Crippen molar-refractivity contribution in [2.24, 2.45) is 0 Å². The number of hydrogen-bond acceptors (Lipinski definition) is 4. The number of aromatic nitrogens is 2. The predicted octanol–water partition coefficient (Wildman–Crippen LogP) is 11.4. The summed E-state index contributed by atoms with van der Waals surface area (Å²) in [5.41, 5.74) is 8.70. The van der Waals surface area contributed by atoms with Gasteiger partial charge in [-0.2, -0.15) is 12.7 Å². The standard InChI is InChI=1S/C45H41N4O.Pt/c1-44(2,3)32-20-23-43(46-28-32)49-39-17-11-10-16-37(39)38-22-21-35(27-42(38)49)50-36-25-33(45(4,5)6)24-34(26-36)48-30-47(29-31-14-8-7-9-15-31)40-18-12-13-19-41(40)48;/h7-25,28,30H,29H2,1-6H3;/q-3;. The minimum Gasteiger partial charge on any atom is -0.509 e. The number of fused-ring (bicyclic) bond motifs is 4. The van der Waals surface area contributed by atoms with E-state index < -0.39 is 0 Å². The molecule has 0 saturated carbocycles. The summed E-state index contributed by atoms with van der Waals surface area (Å²) in [5.74, 6) is 2.12. The Morgan fingerprint density at radius 2 is 1.37 bits per heavy atom. The fraction of sp³-hybridized carbons (Fsp3) is 0.200. The van der Waals surface area contributed by atoms with Gasteiger partial charge in [0, 0.05) is 62.2 Å². The van der Waals surface area contributed by atoms with Crippen LogP contribution in [0.1, 0.15) is 58.2 Å². The van der Waals surface area contributed by atoms with Gasteiger partial charge in [0.25, 0.3) is 0 Å². The van der Waals surface area contributed by atoms with Gasteiger partial charge in [0.05, 0.1) is 0 Å². The Hall–Kier alpha value is -4.86. The first-order valence-corrected chi connectivity index (χ1v) is 17.2. The van der Waals surface area contributed by atoms with Crippen molar-refractivity contribution in [3.63, 3.8) is 0 Å². The third kappa shape index (κ3) is 6.68. The molecule has 2 aromatic heterocycles. The Morgan fingerprint density at radius 3 is 2.10 bits per heavy atom. The number of ether oxygens (including phenoxy) is 1. The summed E-state index contributed by atoms with van der Waals surface area (Å²) in [5, 5.41) is 2.25. The molecule has 0 spiro atoms. The smallest absolute Gasteiger partial charge is 0.135 e. The Bertz CT molecular complexity index is 2330. The van der Waals surface area contributed by atoms with Gasteiger partial charge in [-0.15, -0.1) is 47.0 Å². The molecular weight excluding hydrogens is 808 g/mol. The number of hydrogen-bond donors (Lipinski definition) is 0. The molecule has 5 aromatic carbocycles.